The van der Waals surface area contributed by atoms with E-state index in [0.29, 0.717) is 10.9 Å². The Kier molecular flexibility index (Phi) is 5.09. The van der Waals surface area contributed by atoms with Crippen LogP contribution >= 0.6 is 11.6 Å². The molecule has 1 aliphatic heterocycles. The third-order valence-corrected chi connectivity index (χ3v) is 4.78. The van der Waals surface area contributed by atoms with Gasteiger partial charge in [0.25, 0.3) is 0 Å². The van der Waals surface area contributed by atoms with Crippen LogP contribution in [0.2, 0.25) is 5.02 Å². The fourth-order valence-corrected chi connectivity index (χ4v) is 3.43. The second-order valence-corrected chi connectivity index (χ2v) is 6.99. The monoisotopic (exact) mass is 346 g/mol. The number of rotatable bonds is 4. The second-order valence-electron chi connectivity index (χ2n) is 6.55. The summed E-state index contributed by atoms with van der Waals surface area (Å²) in [6.07, 6.45) is 5.96. The van der Waals surface area contributed by atoms with Gasteiger partial charge in [0.05, 0.1) is 12.2 Å². The highest BCUT2D eigenvalue weighted by molar-refractivity contribution is 6.30. The standard InChI is InChI=1S/C18H23ClN4O/c1-13(16-4-3-5-17(19)9-16)21-18(24)23-7-6-14(12-23)8-15-10-20-22(2)11-15/h3-5,9-11,13-14H,6-8,12H2,1-2H3,(H,21,24)/t13-,14-/m0/s1. The second kappa shape index (κ2) is 7.26. The van der Waals surface area contributed by atoms with E-state index in [4.69, 9.17) is 11.6 Å². The number of aromatic nitrogens is 2. The molecule has 2 atom stereocenters. The van der Waals surface area contributed by atoms with Gasteiger partial charge in [-0.05, 0) is 48.9 Å². The van der Waals surface area contributed by atoms with Gasteiger partial charge in [0.1, 0.15) is 0 Å². The molecule has 128 valence electrons. The van der Waals surface area contributed by atoms with Gasteiger partial charge in [-0.25, -0.2) is 4.79 Å². The lowest BCUT2D eigenvalue weighted by atomic mass is 10.0. The molecular formula is C18H23ClN4O. The van der Waals surface area contributed by atoms with Crippen molar-refractivity contribution in [2.24, 2.45) is 13.0 Å². The maximum atomic E-state index is 12.5. The SMILES string of the molecule is C[C@H](NC(=O)N1CC[C@@H](Cc2cnn(C)c2)C1)c1cccc(Cl)c1. The van der Waals surface area contributed by atoms with E-state index < -0.39 is 0 Å². The summed E-state index contributed by atoms with van der Waals surface area (Å²) in [5.41, 5.74) is 2.25. The molecule has 1 saturated heterocycles. The normalized spacial score (nSPS) is 18.6. The maximum absolute atomic E-state index is 12.5. The minimum atomic E-state index is -0.0615. The molecule has 1 aromatic heterocycles. The van der Waals surface area contributed by atoms with Crippen molar-refractivity contribution in [3.8, 4) is 0 Å². The van der Waals surface area contributed by atoms with Gasteiger partial charge in [-0.2, -0.15) is 5.10 Å². The van der Waals surface area contributed by atoms with Crippen molar-refractivity contribution in [2.75, 3.05) is 13.1 Å². The van der Waals surface area contributed by atoms with Crippen LogP contribution in [0.15, 0.2) is 36.7 Å². The topological polar surface area (TPSA) is 50.2 Å². The number of aryl methyl sites for hydroxylation is 1. The number of nitrogens with one attached hydrogen (secondary N) is 1. The Hall–Kier alpha value is -2.01. The lowest BCUT2D eigenvalue weighted by molar-refractivity contribution is 0.203. The Balaban J connectivity index is 1.52. The van der Waals surface area contributed by atoms with Crippen molar-refractivity contribution < 1.29 is 4.79 Å². The predicted octanol–water partition coefficient (Wildman–Crippen LogP) is 3.41. The molecule has 1 aromatic carbocycles. The molecule has 0 spiro atoms. The zero-order valence-electron chi connectivity index (χ0n) is 14.1. The molecular weight excluding hydrogens is 324 g/mol. The Morgan fingerprint density at radius 1 is 1.50 bits per heavy atom. The molecule has 0 bridgehead atoms. The van der Waals surface area contributed by atoms with Crippen LogP contribution in [0.4, 0.5) is 4.79 Å². The molecule has 2 heterocycles. The summed E-state index contributed by atoms with van der Waals surface area (Å²) in [4.78, 5) is 14.4. The van der Waals surface area contributed by atoms with Gasteiger partial charge in [-0.1, -0.05) is 23.7 Å². The van der Waals surface area contributed by atoms with Gasteiger partial charge in [-0.3, -0.25) is 4.68 Å². The van der Waals surface area contributed by atoms with Crippen LogP contribution < -0.4 is 5.32 Å². The summed E-state index contributed by atoms with van der Waals surface area (Å²) in [6, 6.07) is 7.54. The fraction of sp³-hybridized carbons (Fsp3) is 0.444. The lowest BCUT2D eigenvalue weighted by Crippen LogP contribution is -2.39. The van der Waals surface area contributed by atoms with E-state index in [1.807, 2.05) is 60.2 Å². The highest BCUT2D eigenvalue weighted by Crippen LogP contribution is 2.22. The summed E-state index contributed by atoms with van der Waals surface area (Å²) in [6.45, 7) is 3.58. The number of carbonyl (C=O) groups excluding carboxylic acids is 1. The molecule has 6 heteroatoms. The van der Waals surface area contributed by atoms with E-state index in [1.54, 1.807) is 0 Å². The first kappa shape index (κ1) is 16.8. The summed E-state index contributed by atoms with van der Waals surface area (Å²) in [7, 11) is 1.93. The Morgan fingerprint density at radius 3 is 3.04 bits per heavy atom. The number of halogens is 1. The number of urea groups is 1. The zero-order chi connectivity index (χ0) is 17.1. The van der Waals surface area contributed by atoms with Crippen LogP contribution in [0.1, 0.15) is 30.5 Å². The van der Waals surface area contributed by atoms with Crippen molar-refractivity contribution in [3.05, 3.63) is 52.8 Å². The van der Waals surface area contributed by atoms with E-state index in [0.717, 1.165) is 31.5 Å². The van der Waals surface area contributed by atoms with E-state index in [1.165, 1.54) is 5.56 Å². The molecule has 2 aromatic rings. The minimum absolute atomic E-state index is 0.00355. The summed E-state index contributed by atoms with van der Waals surface area (Å²) >= 11 is 6.02. The molecule has 0 aliphatic carbocycles. The minimum Gasteiger partial charge on any atom is -0.331 e. The van der Waals surface area contributed by atoms with Crippen LogP contribution in [-0.4, -0.2) is 33.8 Å². The predicted molar refractivity (Wildman–Crippen MR) is 95.0 cm³/mol. The van der Waals surface area contributed by atoms with E-state index in [-0.39, 0.29) is 12.1 Å². The highest BCUT2D eigenvalue weighted by atomic mass is 35.5. The highest BCUT2D eigenvalue weighted by Gasteiger charge is 2.27. The van der Waals surface area contributed by atoms with Gasteiger partial charge in [0.15, 0.2) is 0 Å². The third kappa shape index (κ3) is 4.09. The van der Waals surface area contributed by atoms with Crippen LogP contribution in [0.3, 0.4) is 0 Å². The molecule has 1 N–H and O–H groups in total. The van der Waals surface area contributed by atoms with E-state index >= 15 is 0 Å². The Labute approximate surface area is 147 Å². The average molecular weight is 347 g/mol. The van der Waals surface area contributed by atoms with Crippen molar-refractivity contribution in [1.82, 2.24) is 20.0 Å². The number of carbonyl (C=O) groups is 1. The first-order valence-electron chi connectivity index (χ1n) is 8.29. The fourth-order valence-electron chi connectivity index (χ4n) is 3.23. The van der Waals surface area contributed by atoms with Crippen molar-refractivity contribution in [3.63, 3.8) is 0 Å². The molecule has 0 unspecified atom stereocenters. The Morgan fingerprint density at radius 2 is 2.33 bits per heavy atom. The zero-order valence-corrected chi connectivity index (χ0v) is 14.8. The third-order valence-electron chi connectivity index (χ3n) is 4.54. The number of nitrogens with zero attached hydrogens (tertiary/aromatic N) is 3. The van der Waals surface area contributed by atoms with E-state index in [9.17, 15) is 4.79 Å². The summed E-state index contributed by atoms with van der Waals surface area (Å²) in [5.74, 6) is 0.501. The lowest BCUT2D eigenvalue weighted by Gasteiger charge is -2.21. The van der Waals surface area contributed by atoms with Crippen molar-refractivity contribution >= 4 is 17.6 Å². The quantitative estimate of drug-likeness (QED) is 0.922. The van der Waals surface area contributed by atoms with Gasteiger partial charge >= 0.3 is 6.03 Å². The summed E-state index contributed by atoms with van der Waals surface area (Å²) < 4.78 is 1.82. The van der Waals surface area contributed by atoms with E-state index in [2.05, 4.69) is 10.4 Å². The maximum Gasteiger partial charge on any atom is 0.317 e. The molecule has 5 nitrogen and oxygen atoms in total. The first-order chi connectivity index (χ1) is 11.5. The van der Waals surface area contributed by atoms with Gasteiger partial charge in [-0.15, -0.1) is 0 Å². The van der Waals surface area contributed by atoms with Gasteiger partial charge < -0.3 is 10.2 Å². The number of amides is 2. The number of likely N-dealkylation sites (tertiary alicyclic amines) is 1. The van der Waals surface area contributed by atoms with Crippen LogP contribution in [0.25, 0.3) is 0 Å². The average Bonchev–Trinajstić information content (AvgIpc) is 3.17. The number of hydrogen-bond acceptors (Lipinski definition) is 2. The number of benzene rings is 1. The molecule has 3 rings (SSSR count). The number of hydrogen-bond donors (Lipinski definition) is 1. The molecule has 2 amide bonds. The molecule has 1 aliphatic rings. The van der Waals surface area contributed by atoms with Gasteiger partial charge in [0, 0.05) is 31.4 Å². The molecule has 24 heavy (non-hydrogen) atoms. The molecule has 0 saturated carbocycles. The first-order valence-corrected chi connectivity index (χ1v) is 8.67. The van der Waals surface area contributed by atoms with Crippen molar-refractivity contribution in [2.45, 2.75) is 25.8 Å². The van der Waals surface area contributed by atoms with Crippen molar-refractivity contribution in [1.29, 1.82) is 0 Å². The van der Waals surface area contributed by atoms with Crippen LogP contribution in [-0.2, 0) is 13.5 Å². The van der Waals surface area contributed by atoms with Gasteiger partial charge in [0.2, 0.25) is 0 Å². The van der Waals surface area contributed by atoms with Crippen LogP contribution in [0.5, 0.6) is 0 Å². The molecule has 0 radical (unpaired) electrons. The Bertz CT molecular complexity index is 715. The smallest absolute Gasteiger partial charge is 0.317 e. The van der Waals surface area contributed by atoms with Crippen LogP contribution in [0, 0.1) is 5.92 Å². The summed E-state index contributed by atoms with van der Waals surface area (Å²) in [5, 5.41) is 7.96. The largest absolute Gasteiger partial charge is 0.331 e. The molecule has 1 fully saturated rings.